The maximum absolute atomic E-state index is 6.90. The number of hydrogen-bond donors (Lipinski definition) is 0. The minimum atomic E-state index is -0.723. The lowest BCUT2D eigenvalue weighted by Gasteiger charge is -2.54. The van der Waals surface area contributed by atoms with Gasteiger partial charge in [-0.3, -0.25) is 0 Å². The molecule has 0 unspecified atom stereocenters. The van der Waals surface area contributed by atoms with Crippen molar-refractivity contribution in [2.45, 2.75) is 10.8 Å². The van der Waals surface area contributed by atoms with E-state index in [1.807, 2.05) is 0 Å². The van der Waals surface area contributed by atoms with Gasteiger partial charge < -0.3 is 19.3 Å². The smallest absolute Gasteiger partial charge is 0.252 e. The fraction of sp³-hybridized carbons (Fsp3) is 0.0290. The summed E-state index contributed by atoms with van der Waals surface area (Å²) in [7, 11) is 0. The molecule has 0 saturated heterocycles. The Hall–Kier alpha value is -9.65. The molecule has 5 nitrogen and oxygen atoms in total. The number of nitrogens with zero attached hydrogens (tertiary/aromatic N) is 3. The van der Waals surface area contributed by atoms with Gasteiger partial charge in [-0.1, -0.05) is 200 Å². The molecule has 346 valence electrons. The molecule has 6 aliphatic heterocycles. The van der Waals surface area contributed by atoms with Crippen molar-refractivity contribution in [2.75, 3.05) is 9.80 Å². The molecule has 6 heteroatoms. The predicted molar refractivity (Wildman–Crippen MR) is 303 cm³/mol. The van der Waals surface area contributed by atoms with Gasteiger partial charge in [0.25, 0.3) is 6.71 Å². The van der Waals surface area contributed by atoms with Gasteiger partial charge in [0.1, 0.15) is 23.0 Å². The molecule has 2 spiro atoms. The molecule has 0 bridgehead atoms. The van der Waals surface area contributed by atoms with Crippen molar-refractivity contribution < 1.29 is 9.47 Å². The van der Waals surface area contributed by atoms with E-state index in [1.54, 1.807) is 0 Å². The molecule has 7 heterocycles. The van der Waals surface area contributed by atoms with E-state index in [0.29, 0.717) is 0 Å². The van der Waals surface area contributed by atoms with Crippen molar-refractivity contribution in [2.24, 2.45) is 0 Å². The molecule has 0 saturated carbocycles. The quantitative estimate of drug-likeness (QED) is 0.121. The fourth-order valence-electron chi connectivity index (χ4n) is 14.9. The summed E-state index contributed by atoms with van der Waals surface area (Å²) in [6.45, 7) is -0.189. The Bertz CT molecular complexity index is 4450. The summed E-state index contributed by atoms with van der Waals surface area (Å²) in [6, 6.07) is 89.4. The maximum Gasteiger partial charge on any atom is 0.252 e. The molecule has 0 aliphatic carbocycles. The van der Waals surface area contributed by atoms with Crippen LogP contribution in [0.5, 0.6) is 23.0 Å². The first kappa shape index (κ1) is 39.9. The van der Waals surface area contributed by atoms with E-state index in [1.165, 1.54) is 55.4 Å². The molecule has 12 aromatic rings. The third-order valence-electron chi connectivity index (χ3n) is 17.5. The molecule has 11 aromatic carbocycles. The van der Waals surface area contributed by atoms with Crippen LogP contribution in [0, 0.1) is 0 Å². The van der Waals surface area contributed by atoms with Gasteiger partial charge in [-0.25, -0.2) is 4.98 Å². The summed E-state index contributed by atoms with van der Waals surface area (Å²) in [6.07, 6.45) is 0. The van der Waals surface area contributed by atoms with E-state index in [0.717, 1.165) is 95.5 Å². The number of hydrogen-bond acceptors (Lipinski definition) is 5. The highest BCUT2D eigenvalue weighted by Gasteiger charge is 2.58. The van der Waals surface area contributed by atoms with Crippen LogP contribution < -0.4 is 35.7 Å². The lowest BCUT2D eigenvalue weighted by Crippen LogP contribution is -2.63. The van der Waals surface area contributed by atoms with Gasteiger partial charge in [-0.05, 0) is 86.5 Å². The van der Waals surface area contributed by atoms with E-state index in [2.05, 4.69) is 252 Å². The molecule has 75 heavy (non-hydrogen) atoms. The zero-order valence-electron chi connectivity index (χ0n) is 40.3. The molecule has 0 atom stereocenters. The van der Waals surface area contributed by atoms with Gasteiger partial charge in [-0.2, -0.15) is 0 Å². The summed E-state index contributed by atoms with van der Waals surface area (Å²) >= 11 is 0. The normalized spacial score (nSPS) is 15.3. The first-order valence-electron chi connectivity index (χ1n) is 26.0. The number of para-hydroxylation sites is 8. The monoisotopic (exact) mass is 953 g/mol. The molecule has 1 aromatic heterocycles. The minimum absolute atomic E-state index is 0.189. The van der Waals surface area contributed by atoms with Gasteiger partial charge in [0.2, 0.25) is 0 Å². The van der Waals surface area contributed by atoms with Crippen LogP contribution in [0.15, 0.2) is 243 Å². The molecule has 0 amide bonds. The van der Waals surface area contributed by atoms with Crippen molar-refractivity contribution in [3.63, 3.8) is 0 Å². The number of anilines is 6. The van der Waals surface area contributed by atoms with Gasteiger partial charge >= 0.3 is 0 Å². The predicted octanol–water partition coefficient (Wildman–Crippen LogP) is 14.7. The van der Waals surface area contributed by atoms with Crippen LogP contribution in [0.1, 0.15) is 44.5 Å². The van der Waals surface area contributed by atoms with E-state index in [4.69, 9.17) is 14.5 Å². The third kappa shape index (κ3) is 4.67. The Morgan fingerprint density at radius 3 is 1.31 bits per heavy atom. The van der Waals surface area contributed by atoms with Crippen LogP contribution >= 0.6 is 0 Å². The highest BCUT2D eigenvalue weighted by Crippen LogP contribution is 2.66. The first-order valence-corrected chi connectivity index (χ1v) is 26.0. The number of benzene rings is 11. The van der Waals surface area contributed by atoms with Crippen molar-refractivity contribution in [1.82, 2.24) is 4.98 Å². The van der Waals surface area contributed by atoms with Crippen LogP contribution in [-0.4, -0.2) is 11.7 Å². The van der Waals surface area contributed by atoms with Gasteiger partial charge in [0.15, 0.2) is 0 Å². The molecule has 6 aliphatic rings. The van der Waals surface area contributed by atoms with E-state index >= 15 is 0 Å². The fourth-order valence-corrected chi connectivity index (χ4v) is 14.9. The summed E-state index contributed by atoms with van der Waals surface area (Å²) in [5.41, 5.74) is 21.7. The molecule has 0 fully saturated rings. The highest BCUT2D eigenvalue weighted by atomic mass is 16.5. The Morgan fingerprint density at radius 2 is 0.760 bits per heavy atom. The molecule has 18 rings (SSSR count). The zero-order valence-corrected chi connectivity index (χ0v) is 40.3. The second-order valence-corrected chi connectivity index (χ2v) is 20.7. The molecular formula is C69H40BN3O2. The van der Waals surface area contributed by atoms with Gasteiger partial charge in [0, 0.05) is 55.7 Å². The van der Waals surface area contributed by atoms with E-state index in [9.17, 15) is 0 Å². The Morgan fingerprint density at radius 1 is 0.333 bits per heavy atom. The van der Waals surface area contributed by atoms with Crippen LogP contribution in [0.2, 0.25) is 0 Å². The lowest BCUT2D eigenvalue weighted by molar-refractivity contribution is 0.434. The van der Waals surface area contributed by atoms with E-state index < -0.39 is 10.8 Å². The van der Waals surface area contributed by atoms with Crippen LogP contribution in [0.25, 0.3) is 32.9 Å². The summed E-state index contributed by atoms with van der Waals surface area (Å²) < 4.78 is 13.8. The molecular weight excluding hydrogens is 914 g/mol. The Kier molecular flexibility index (Phi) is 7.50. The summed E-state index contributed by atoms with van der Waals surface area (Å²) in [5, 5.41) is 3.40. The van der Waals surface area contributed by atoms with Gasteiger partial charge in [-0.15, -0.1) is 0 Å². The van der Waals surface area contributed by atoms with Crippen molar-refractivity contribution in [1.29, 1.82) is 0 Å². The zero-order chi connectivity index (χ0) is 48.7. The second-order valence-electron chi connectivity index (χ2n) is 20.7. The van der Waals surface area contributed by atoms with E-state index in [-0.39, 0.29) is 6.71 Å². The summed E-state index contributed by atoms with van der Waals surface area (Å²) in [5.74, 6) is 3.49. The second kappa shape index (κ2) is 14.1. The number of fused-ring (bicyclic) bond motifs is 24. The van der Waals surface area contributed by atoms with Crippen molar-refractivity contribution in [3.8, 4) is 34.3 Å². The van der Waals surface area contributed by atoms with Crippen molar-refractivity contribution in [3.05, 3.63) is 287 Å². The highest BCUT2D eigenvalue weighted by molar-refractivity contribution is 7.00. The number of rotatable bonds is 1. The average molecular weight is 954 g/mol. The van der Waals surface area contributed by atoms with Gasteiger partial charge in [0.05, 0.1) is 39.1 Å². The van der Waals surface area contributed by atoms with Crippen LogP contribution in [-0.2, 0) is 10.8 Å². The Balaban J connectivity index is 1.05. The first-order chi connectivity index (χ1) is 37.2. The molecule has 0 N–H and O–H groups in total. The van der Waals surface area contributed by atoms with Crippen LogP contribution in [0.4, 0.5) is 34.1 Å². The topological polar surface area (TPSA) is 37.8 Å². The van der Waals surface area contributed by atoms with Crippen molar-refractivity contribution >= 4 is 78.9 Å². The number of aromatic nitrogens is 1. The maximum atomic E-state index is 6.90. The third-order valence-corrected chi connectivity index (χ3v) is 17.5. The summed E-state index contributed by atoms with van der Waals surface area (Å²) in [4.78, 5) is 11.2. The number of ether oxygens (including phenoxy) is 2. The standard InChI is InChI=1S/C69H40BN3O2/c1-2-20-41(21-3-1)63-43-23-5-4-22-42(43)44-40-57-62-67(64(44)71-63)73-56-35-13-7-25-46(56)69(49-28-10-16-38-60(49)75-61-39-17-11-29-50(61)69)52-31-19-33-54(66(52)73)70(62)53-32-18-30-51-65(53)72(57)55-34-12-6-24-45(55)68(51)47-26-8-14-36-58(47)74-59-37-15-9-27-48(59)68/h1-40H. The minimum Gasteiger partial charge on any atom is -0.457 e. The number of pyridine rings is 1. The SMILES string of the molecule is c1ccc(-c2nc3c4c5c(cc3c3ccccc23)N2c3ccccc3C3(c6ccccc6Oc6ccccc63)c3cccc(c32)B5c2cccc3c2N4c2ccccc2C32c3ccccc3Oc3ccccc32)cc1. The lowest BCUT2D eigenvalue weighted by atomic mass is 9.32. The largest absolute Gasteiger partial charge is 0.457 e. The Labute approximate surface area is 433 Å². The molecule has 0 radical (unpaired) electrons. The van der Waals surface area contributed by atoms with Crippen LogP contribution in [0.3, 0.4) is 0 Å². The average Bonchev–Trinajstić information content (AvgIpc) is 3.51.